The quantitative estimate of drug-likeness (QED) is 0.248. The van der Waals surface area contributed by atoms with E-state index in [1.807, 2.05) is 36.4 Å². The van der Waals surface area contributed by atoms with Gasteiger partial charge in [0.15, 0.2) is 0 Å². The van der Waals surface area contributed by atoms with Crippen LogP contribution >= 0.6 is 34.8 Å². The van der Waals surface area contributed by atoms with Crippen LogP contribution in [0.5, 0.6) is 11.5 Å². The van der Waals surface area contributed by atoms with Crippen LogP contribution in [0.25, 0.3) is 11.3 Å². The highest BCUT2D eigenvalue weighted by Crippen LogP contribution is 2.46. The lowest BCUT2D eigenvalue weighted by atomic mass is 9.96. The largest absolute Gasteiger partial charge is 0.489 e. The molecule has 8 heteroatoms. The third-order valence-electron chi connectivity index (χ3n) is 6.92. The van der Waals surface area contributed by atoms with Crippen molar-refractivity contribution >= 4 is 34.8 Å². The van der Waals surface area contributed by atoms with Gasteiger partial charge in [-0.3, -0.25) is 0 Å². The summed E-state index contributed by atoms with van der Waals surface area (Å²) in [5, 5.41) is 15.3. The van der Waals surface area contributed by atoms with Crippen LogP contribution in [0.3, 0.4) is 0 Å². The molecule has 1 aliphatic heterocycles. The molecule has 6 rings (SSSR count). The first-order chi connectivity index (χ1) is 18.0. The number of aliphatic hydroxyl groups excluding tert-OH is 1. The van der Waals surface area contributed by atoms with Crippen molar-refractivity contribution in [2.45, 2.75) is 50.9 Å². The summed E-state index contributed by atoms with van der Waals surface area (Å²) in [6.45, 7) is 0.274. The van der Waals surface area contributed by atoms with Crippen molar-refractivity contribution in [3.05, 3.63) is 97.7 Å². The van der Waals surface area contributed by atoms with Crippen LogP contribution in [0, 0.1) is 0 Å². The van der Waals surface area contributed by atoms with Gasteiger partial charge in [0.2, 0.25) is 0 Å². The van der Waals surface area contributed by atoms with Crippen LogP contribution in [0.1, 0.15) is 59.3 Å². The van der Waals surface area contributed by atoms with Crippen molar-refractivity contribution in [1.29, 1.82) is 0 Å². The second-order valence-corrected chi connectivity index (χ2v) is 10.7. The minimum atomic E-state index is -0.150. The van der Waals surface area contributed by atoms with E-state index in [9.17, 15) is 5.11 Å². The maximum atomic E-state index is 9.39. The average Bonchev–Trinajstić information content (AvgIpc) is 3.67. The molecule has 1 saturated carbocycles. The number of rotatable bonds is 7. The molecule has 37 heavy (non-hydrogen) atoms. The molecule has 0 amide bonds. The average molecular weight is 557 g/mol. The van der Waals surface area contributed by atoms with E-state index in [4.69, 9.17) is 48.8 Å². The predicted octanol–water partition coefficient (Wildman–Crippen LogP) is 8.32. The second kappa shape index (κ2) is 10.2. The number of aliphatic hydroxyl groups is 1. The van der Waals surface area contributed by atoms with E-state index in [1.54, 1.807) is 18.2 Å². The predicted molar refractivity (Wildman–Crippen MR) is 144 cm³/mol. The summed E-state index contributed by atoms with van der Waals surface area (Å²) in [6, 6.07) is 16.8. The SMILES string of the molecule is OCc1ccc2c(c1)CCC(c1ccc(OCc3c(-c4c(Cl)cccc4Cl)noc3C3CC3)cc1Cl)O2. The number of hydrogen-bond donors (Lipinski definition) is 1. The zero-order valence-corrected chi connectivity index (χ0v) is 22.1. The highest BCUT2D eigenvalue weighted by atomic mass is 35.5. The number of nitrogens with zero attached hydrogens (tertiary/aromatic N) is 1. The Kier molecular flexibility index (Phi) is 6.80. The normalized spacial score (nSPS) is 16.8. The van der Waals surface area contributed by atoms with Crippen LogP contribution in [-0.2, 0) is 19.6 Å². The third kappa shape index (κ3) is 4.94. The maximum Gasteiger partial charge on any atom is 0.147 e. The zero-order valence-electron chi connectivity index (χ0n) is 19.8. The van der Waals surface area contributed by atoms with E-state index in [-0.39, 0.29) is 19.3 Å². The Morgan fingerprint density at radius 1 is 0.946 bits per heavy atom. The van der Waals surface area contributed by atoms with Crippen LogP contribution < -0.4 is 9.47 Å². The topological polar surface area (TPSA) is 64.7 Å². The number of hydrogen-bond acceptors (Lipinski definition) is 5. The Morgan fingerprint density at radius 3 is 2.49 bits per heavy atom. The minimum Gasteiger partial charge on any atom is -0.489 e. The Labute approximate surface area is 229 Å². The van der Waals surface area contributed by atoms with Gasteiger partial charge in [0.1, 0.15) is 35.7 Å². The molecule has 0 radical (unpaired) electrons. The van der Waals surface area contributed by atoms with Gasteiger partial charge in [0.25, 0.3) is 0 Å². The van der Waals surface area contributed by atoms with E-state index < -0.39 is 0 Å². The van der Waals surface area contributed by atoms with Gasteiger partial charge in [-0.15, -0.1) is 0 Å². The number of fused-ring (bicyclic) bond motifs is 1. The third-order valence-corrected chi connectivity index (χ3v) is 7.88. The fraction of sp³-hybridized carbons (Fsp3) is 0.276. The molecule has 1 unspecified atom stereocenters. The van der Waals surface area contributed by atoms with Gasteiger partial charge in [0, 0.05) is 17.0 Å². The number of halogens is 3. The van der Waals surface area contributed by atoms with E-state index in [0.29, 0.717) is 38.0 Å². The molecule has 1 aliphatic carbocycles. The lowest BCUT2D eigenvalue weighted by Gasteiger charge is -2.27. The number of benzene rings is 3. The van der Waals surface area contributed by atoms with Gasteiger partial charge in [-0.05, 0) is 73.2 Å². The van der Waals surface area contributed by atoms with Gasteiger partial charge in [-0.2, -0.15) is 0 Å². The van der Waals surface area contributed by atoms with E-state index in [0.717, 1.165) is 59.4 Å². The molecule has 1 atom stereocenters. The summed E-state index contributed by atoms with van der Waals surface area (Å²) in [4.78, 5) is 0. The monoisotopic (exact) mass is 555 g/mol. The molecular weight excluding hydrogens is 533 g/mol. The molecule has 3 aromatic carbocycles. The molecule has 2 aliphatic rings. The summed E-state index contributed by atoms with van der Waals surface area (Å²) >= 11 is 19.6. The standard InChI is InChI=1S/C29H24Cl3NO4/c30-22-2-1-3-23(31)27(22)28-21(29(37-33-28)17-5-6-17)15-35-19-8-9-20(24(32)13-19)26-11-7-18-12-16(14-34)4-10-25(18)36-26/h1-4,8-10,12-13,17,26,34H,5-7,11,14-15H2. The molecule has 2 heterocycles. The van der Waals surface area contributed by atoms with Crippen molar-refractivity contribution in [2.75, 3.05) is 0 Å². The van der Waals surface area contributed by atoms with Crippen molar-refractivity contribution in [3.63, 3.8) is 0 Å². The molecular formula is C29H24Cl3NO4. The summed E-state index contributed by atoms with van der Waals surface area (Å²) in [6.07, 6.45) is 3.62. The Balaban J connectivity index is 1.22. The van der Waals surface area contributed by atoms with Crippen molar-refractivity contribution < 1.29 is 19.1 Å². The molecule has 0 saturated heterocycles. The van der Waals surface area contributed by atoms with Crippen LogP contribution in [-0.4, -0.2) is 10.3 Å². The molecule has 4 aromatic rings. The van der Waals surface area contributed by atoms with Crippen molar-refractivity contribution in [3.8, 4) is 22.8 Å². The fourth-order valence-electron chi connectivity index (χ4n) is 4.82. The first kappa shape index (κ1) is 24.6. The van der Waals surface area contributed by atoms with E-state index in [2.05, 4.69) is 5.16 Å². The molecule has 190 valence electrons. The highest BCUT2D eigenvalue weighted by Gasteiger charge is 2.34. The van der Waals surface area contributed by atoms with E-state index in [1.165, 1.54) is 0 Å². The summed E-state index contributed by atoms with van der Waals surface area (Å²) in [7, 11) is 0. The van der Waals surface area contributed by atoms with Gasteiger partial charge in [-0.25, -0.2) is 0 Å². The lowest BCUT2D eigenvalue weighted by molar-refractivity contribution is 0.176. The van der Waals surface area contributed by atoms with Crippen molar-refractivity contribution in [1.82, 2.24) is 5.16 Å². The molecule has 1 fully saturated rings. The Morgan fingerprint density at radius 2 is 1.76 bits per heavy atom. The Bertz CT molecular complexity index is 1440. The van der Waals surface area contributed by atoms with Gasteiger partial charge < -0.3 is 19.1 Å². The summed E-state index contributed by atoms with van der Waals surface area (Å²) in [5.41, 5.74) is 5.02. The molecule has 0 spiro atoms. The van der Waals surface area contributed by atoms with Gasteiger partial charge in [0.05, 0.1) is 27.2 Å². The van der Waals surface area contributed by atoms with E-state index >= 15 is 0 Å². The number of aromatic nitrogens is 1. The minimum absolute atomic E-state index is 0.0218. The van der Waals surface area contributed by atoms with Crippen LogP contribution in [0.4, 0.5) is 0 Å². The lowest BCUT2D eigenvalue weighted by Crippen LogP contribution is -2.15. The molecule has 5 nitrogen and oxygen atoms in total. The summed E-state index contributed by atoms with van der Waals surface area (Å²) in [5.74, 6) is 2.63. The zero-order chi connectivity index (χ0) is 25.5. The smallest absolute Gasteiger partial charge is 0.147 e. The highest BCUT2D eigenvalue weighted by molar-refractivity contribution is 6.39. The van der Waals surface area contributed by atoms with Crippen LogP contribution in [0.2, 0.25) is 15.1 Å². The van der Waals surface area contributed by atoms with Gasteiger partial charge >= 0.3 is 0 Å². The molecule has 1 aromatic heterocycles. The van der Waals surface area contributed by atoms with Crippen molar-refractivity contribution in [2.24, 2.45) is 0 Å². The maximum absolute atomic E-state index is 9.39. The van der Waals surface area contributed by atoms with Gasteiger partial charge in [-0.1, -0.05) is 58.2 Å². The van der Waals surface area contributed by atoms with Crippen LogP contribution in [0.15, 0.2) is 59.1 Å². The molecule has 0 bridgehead atoms. The summed E-state index contributed by atoms with van der Waals surface area (Å²) < 4.78 is 18.2. The first-order valence-corrected chi connectivity index (χ1v) is 13.4. The first-order valence-electron chi connectivity index (χ1n) is 12.3. The number of aryl methyl sites for hydroxylation is 1. The molecule has 1 N–H and O–H groups in total. The fourth-order valence-corrected chi connectivity index (χ4v) is 5.69. The Hall–Kier alpha value is -2.70. The number of ether oxygens (including phenoxy) is 2. The second-order valence-electron chi connectivity index (χ2n) is 9.46.